The lowest BCUT2D eigenvalue weighted by atomic mass is 9.94. The van der Waals surface area contributed by atoms with Crippen LogP contribution in [0.4, 0.5) is 15.9 Å². The fraction of sp³-hybridized carbons (Fsp3) is 0.238. The quantitative estimate of drug-likeness (QED) is 0.758. The van der Waals surface area contributed by atoms with Gasteiger partial charge in [0.15, 0.2) is 0 Å². The Bertz CT molecular complexity index is 1060. The van der Waals surface area contributed by atoms with Crippen molar-refractivity contribution in [3.8, 4) is 6.07 Å². The molecule has 0 atom stereocenters. The number of piperidine rings is 1. The summed E-state index contributed by atoms with van der Waals surface area (Å²) in [6.45, 7) is 1.20. The number of carbonyl (C=O) groups excluding carboxylic acids is 1. The molecule has 4 rings (SSSR count). The number of aromatic nitrogens is 2. The lowest BCUT2D eigenvalue weighted by Gasteiger charge is -2.34. The molecule has 1 aromatic carbocycles. The van der Waals surface area contributed by atoms with Gasteiger partial charge >= 0.3 is 0 Å². The van der Waals surface area contributed by atoms with E-state index in [1.807, 2.05) is 11.0 Å². The number of nitrogens with one attached hydrogen (secondary N) is 1. The molecule has 0 unspecified atom stereocenters. The molecule has 0 aliphatic carbocycles. The zero-order valence-corrected chi connectivity index (χ0v) is 15.1. The van der Waals surface area contributed by atoms with Crippen molar-refractivity contribution in [2.24, 2.45) is 5.92 Å². The number of nitriles is 1. The van der Waals surface area contributed by atoms with E-state index in [2.05, 4.69) is 21.4 Å². The molecular weight excluding hydrogens is 357 g/mol. The highest BCUT2D eigenvalue weighted by Gasteiger charge is 2.27. The molecule has 0 radical (unpaired) electrons. The number of pyridine rings is 2. The topological polar surface area (TPSA) is 81.9 Å². The van der Waals surface area contributed by atoms with Gasteiger partial charge in [-0.2, -0.15) is 5.26 Å². The molecule has 3 heterocycles. The zero-order chi connectivity index (χ0) is 19.5. The third-order valence-corrected chi connectivity index (χ3v) is 5.02. The van der Waals surface area contributed by atoms with Crippen molar-refractivity contribution in [2.45, 2.75) is 12.8 Å². The summed E-state index contributed by atoms with van der Waals surface area (Å²) in [6.07, 6.45) is 4.44. The molecule has 0 saturated carbocycles. The summed E-state index contributed by atoms with van der Waals surface area (Å²) in [5.74, 6) is -0.00863. The van der Waals surface area contributed by atoms with Crippen molar-refractivity contribution in [1.82, 2.24) is 9.97 Å². The van der Waals surface area contributed by atoms with Crippen LogP contribution in [0, 0.1) is 23.1 Å². The Morgan fingerprint density at radius 1 is 1.21 bits per heavy atom. The van der Waals surface area contributed by atoms with Gasteiger partial charge in [-0.05, 0) is 43.2 Å². The van der Waals surface area contributed by atoms with E-state index < -0.39 is 0 Å². The molecule has 0 spiro atoms. The van der Waals surface area contributed by atoms with Gasteiger partial charge in [-0.3, -0.25) is 9.78 Å². The van der Waals surface area contributed by atoms with Crippen molar-refractivity contribution >= 4 is 28.3 Å². The predicted octanol–water partition coefficient (Wildman–Crippen LogP) is 3.50. The molecule has 1 fully saturated rings. The number of amides is 1. The number of nitrogens with zero attached hydrogens (tertiary/aromatic N) is 4. The van der Waals surface area contributed by atoms with Gasteiger partial charge in [0.1, 0.15) is 17.7 Å². The Kier molecular flexibility index (Phi) is 4.85. The number of anilines is 2. The van der Waals surface area contributed by atoms with E-state index >= 15 is 0 Å². The van der Waals surface area contributed by atoms with Crippen LogP contribution in [-0.2, 0) is 4.79 Å². The zero-order valence-electron chi connectivity index (χ0n) is 15.1. The van der Waals surface area contributed by atoms with Crippen LogP contribution in [0.2, 0.25) is 0 Å². The molecule has 2 aromatic heterocycles. The van der Waals surface area contributed by atoms with E-state index in [0.717, 1.165) is 0 Å². The first-order valence-corrected chi connectivity index (χ1v) is 9.11. The highest BCUT2D eigenvalue weighted by atomic mass is 19.1. The Hall–Kier alpha value is -3.53. The molecule has 140 valence electrons. The third kappa shape index (κ3) is 3.49. The average molecular weight is 375 g/mol. The van der Waals surface area contributed by atoms with E-state index in [1.54, 1.807) is 24.4 Å². The van der Waals surface area contributed by atoms with E-state index in [1.165, 1.54) is 18.3 Å². The number of halogens is 1. The number of fused-ring (bicyclic) bond motifs is 1. The minimum absolute atomic E-state index is 0.0514. The second-order valence-corrected chi connectivity index (χ2v) is 6.76. The van der Waals surface area contributed by atoms with Crippen molar-refractivity contribution in [2.75, 3.05) is 23.3 Å². The fourth-order valence-electron chi connectivity index (χ4n) is 3.60. The molecule has 1 aliphatic heterocycles. The van der Waals surface area contributed by atoms with Gasteiger partial charge in [0, 0.05) is 36.8 Å². The monoisotopic (exact) mass is 375 g/mol. The van der Waals surface area contributed by atoms with Gasteiger partial charge in [-0.15, -0.1) is 0 Å². The Morgan fingerprint density at radius 2 is 2.04 bits per heavy atom. The summed E-state index contributed by atoms with van der Waals surface area (Å²) in [6, 6.07) is 11.9. The highest BCUT2D eigenvalue weighted by Crippen LogP contribution is 2.33. The molecule has 6 nitrogen and oxygen atoms in total. The maximum atomic E-state index is 13.8. The normalized spacial score (nSPS) is 14.6. The standard InChI is InChI=1S/C21H18FN5O/c22-16-4-5-18-17(11-16)20(15(12-23)13-25-18)27-9-6-14(7-10-27)21(28)26-19-3-1-2-8-24-19/h1-5,8,11,13-14H,6-7,9-10H2,(H,24,26,28). The third-order valence-electron chi connectivity index (χ3n) is 5.02. The number of rotatable bonds is 3. The van der Waals surface area contributed by atoms with Crippen molar-refractivity contribution in [3.63, 3.8) is 0 Å². The van der Waals surface area contributed by atoms with Crippen LogP contribution < -0.4 is 10.2 Å². The van der Waals surface area contributed by atoms with Crippen LogP contribution in [0.5, 0.6) is 0 Å². The minimum atomic E-state index is -0.365. The fourth-order valence-corrected chi connectivity index (χ4v) is 3.60. The second kappa shape index (κ2) is 7.61. The van der Waals surface area contributed by atoms with Gasteiger partial charge in [-0.1, -0.05) is 6.07 Å². The van der Waals surface area contributed by atoms with Gasteiger partial charge in [0.25, 0.3) is 0 Å². The van der Waals surface area contributed by atoms with Crippen molar-refractivity contribution in [3.05, 3.63) is 60.2 Å². The summed E-state index contributed by atoms with van der Waals surface area (Å²) in [5.41, 5.74) is 1.75. The van der Waals surface area contributed by atoms with Crippen LogP contribution in [0.25, 0.3) is 10.9 Å². The van der Waals surface area contributed by atoms with E-state index in [0.29, 0.717) is 53.9 Å². The molecule has 1 N–H and O–H groups in total. The van der Waals surface area contributed by atoms with Crippen LogP contribution >= 0.6 is 0 Å². The van der Waals surface area contributed by atoms with Crippen LogP contribution in [0.15, 0.2) is 48.8 Å². The smallest absolute Gasteiger partial charge is 0.228 e. The molecule has 0 bridgehead atoms. The average Bonchev–Trinajstić information content (AvgIpc) is 2.73. The molecule has 28 heavy (non-hydrogen) atoms. The Balaban J connectivity index is 1.53. The van der Waals surface area contributed by atoms with E-state index in [-0.39, 0.29) is 17.6 Å². The summed E-state index contributed by atoms with van der Waals surface area (Å²) in [4.78, 5) is 22.9. The van der Waals surface area contributed by atoms with E-state index in [9.17, 15) is 14.4 Å². The Labute approximate surface area is 161 Å². The lowest BCUT2D eigenvalue weighted by molar-refractivity contribution is -0.120. The molecule has 1 amide bonds. The lowest BCUT2D eigenvalue weighted by Crippen LogP contribution is -2.38. The summed E-state index contributed by atoms with van der Waals surface area (Å²) >= 11 is 0. The first-order valence-electron chi connectivity index (χ1n) is 9.11. The molecule has 1 saturated heterocycles. The second-order valence-electron chi connectivity index (χ2n) is 6.76. The highest BCUT2D eigenvalue weighted by molar-refractivity contribution is 5.95. The Morgan fingerprint density at radius 3 is 2.75 bits per heavy atom. The largest absolute Gasteiger partial charge is 0.370 e. The number of hydrogen-bond donors (Lipinski definition) is 1. The predicted molar refractivity (Wildman–Crippen MR) is 104 cm³/mol. The summed E-state index contributed by atoms with van der Waals surface area (Å²) in [7, 11) is 0. The van der Waals surface area contributed by atoms with Gasteiger partial charge in [0.05, 0.1) is 16.8 Å². The molecule has 3 aromatic rings. The van der Waals surface area contributed by atoms with Gasteiger partial charge < -0.3 is 10.2 Å². The van der Waals surface area contributed by atoms with Crippen LogP contribution in [-0.4, -0.2) is 29.0 Å². The number of benzene rings is 1. The minimum Gasteiger partial charge on any atom is -0.370 e. The number of hydrogen-bond acceptors (Lipinski definition) is 5. The van der Waals surface area contributed by atoms with Gasteiger partial charge in [-0.25, -0.2) is 9.37 Å². The van der Waals surface area contributed by atoms with Crippen molar-refractivity contribution < 1.29 is 9.18 Å². The molecule has 7 heteroatoms. The first kappa shape index (κ1) is 17.9. The van der Waals surface area contributed by atoms with E-state index in [4.69, 9.17) is 0 Å². The SMILES string of the molecule is N#Cc1cnc2ccc(F)cc2c1N1CCC(C(=O)Nc2ccccn2)CC1. The first-order chi connectivity index (χ1) is 13.7. The summed E-state index contributed by atoms with van der Waals surface area (Å²) in [5, 5.41) is 13.0. The maximum Gasteiger partial charge on any atom is 0.228 e. The summed E-state index contributed by atoms with van der Waals surface area (Å²) < 4.78 is 13.8. The maximum absolute atomic E-state index is 13.8. The number of carbonyl (C=O) groups is 1. The molecule has 1 aliphatic rings. The molecular formula is C21H18FN5O. The van der Waals surface area contributed by atoms with Crippen molar-refractivity contribution in [1.29, 1.82) is 5.26 Å². The van der Waals surface area contributed by atoms with Crippen LogP contribution in [0.1, 0.15) is 18.4 Å². The van der Waals surface area contributed by atoms with Crippen LogP contribution in [0.3, 0.4) is 0 Å². The van der Waals surface area contributed by atoms with Gasteiger partial charge in [0.2, 0.25) is 5.91 Å².